The highest BCUT2D eigenvalue weighted by Gasteiger charge is 2.21. The minimum atomic E-state index is 0.378. The maximum absolute atomic E-state index is 5.86. The molecule has 0 atom stereocenters. The number of nitrogens with zero attached hydrogens (tertiary/aromatic N) is 2. The Morgan fingerprint density at radius 3 is 2.93 bits per heavy atom. The van der Waals surface area contributed by atoms with Gasteiger partial charge in [0.1, 0.15) is 0 Å². The molecule has 0 amide bonds. The third kappa shape index (κ3) is 1.90. The maximum atomic E-state index is 5.86. The predicted octanol–water partition coefficient (Wildman–Crippen LogP) is 1.30. The van der Waals surface area contributed by atoms with Crippen molar-refractivity contribution in [1.82, 2.24) is 15.1 Å². The van der Waals surface area contributed by atoms with Gasteiger partial charge < -0.3 is 11.1 Å². The lowest BCUT2D eigenvalue weighted by molar-refractivity contribution is 0.495. The molecule has 0 radical (unpaired) electrons. The van der Waals surface area contributed by atoms with E-state index >= 15 is 0 Å². The largest absolute Gasteiger partial charge is 0.396 e. The molecule has 14 heavy (non-hydrogen) atoms. The van der Waals surface area contributed by atoms with Crippen molar-refractivity contribution in [3.8, 4) is 0 Å². The van der Waals surface area contributed by atoms with Crippen LogP contribution in [0.1, 0.15) is 38.4 Å². The Hall–Kier alpha value is -1.03. The van der Waals surface area contributed by atoms with Crippen LogP contribution in [0.5, 0.6) is 0 Å². The van der Waals surface area contributed by atoms with Gasteiger partial charge in [-0.3, -0.25) is 4.68 Å². The smallest absolute Gasteiger partial charge is 0.0754 e. The number of aromatic nitrogens is 2. The van der Waals surface area contributed by atoms with Gasteiger partial charge in [0.15, 0.2) is 0 Å². The van der Waals surface area contributed by atoms with E-state index < -0.39 is 0 Å². The average Bonchev–Trinajstić information content (AvgIpc) is 2.87. The van der Waals surface area contributed by atoms with Crippen molar-refractivity contribution in [3.63, 3.8) is 0 Å². The summed E-state index contributed by atoms with van der Waals surface area (Å²) in [6.45, 7) is 5.08. The summed E-state index contributed by atoms with van der Waals surface area (Å²) in [6, 6.07) is 1.09. The first kappa shape index (κ1) is 9.52. The van der Waals surface area contributed by atoms with Crippen LogP contribution in [0.3, 0.4) is 0 Å². The number of anilines is 1. The molecule has 1 heterocycles. The first-order valence-electron chi connectivity index (χ1n) is 5.23. The van der Waals surface area contributed by atoms with E-state index in [2.05, 4.69) is 24.3 Å². The Morgan fingerprint density at radius 2 is 2.36 bits per heavy atom. The fourth-order valence-corrected chi connectivity index (χ4v) is 1.56. The number of hydrogen-bond acceptors (Lipinski definition) is 3. The van der Waals surface area contributed by atoms with Crippen LogP contribution in [0, 0.1) is 0 Å². The Balaban J connectivity index is 2.07. The molecule has 0 spiro atoms. The first-order chi connectivity index (χ1) is 6.68. The van der Waals surface area contributed by atoms with E-state index in [1.165, 1.54) is 12.8 Å². The monoisotopic (exact) mass is 194 g/mol. The van der Waals surface area contributed by atoms with Gasteiger partial charge in [-0.1, -0.05) is 0 Å². The van der Waals surface area contributed by atoms with Crippen LogP contribution in [0.25, 0.3) is 0 Å². The van der Waals surface area contributed by atoms with Crippen LogP contribution in [0.15, 0.2) is 6.20 Å². The van der Waals surface area contributed by atoms with Crippen LogP contribution >= 0.6 is 0 Å². The zero-order valence-corrected chi connectivity index (χ0v) is 8.83. The minimum Gasteiger partial charge on any atom is -0.396 e. The number of nitrogen functional groups attached to an aromatic ring is 1. The highest BCUT2D eigenvalue weighted by Crippen LogP contribution is 2.21. The van der Waals surface area contributed by atoms with Crippen molar-refractivity contribution in [3.05, 3.63) is 11.9 Å². The molecule has 4 heteroatoms. The van der Waals surface area contributed by atoms with Crippen molar-refractivity contribution < 1.29 is 0 Å². The number of nitrogens with two attached hydrogens (primary N) is 1. The second-order valence-electron chi connectivity index (χ2n) is 4.24. The normalized spacial score (nSPS) is 16.5. The van der Waals surface area contributed by atoms with Gasteiger partial charge in [-0.05, 0) is 26.7 Å². The Bertz CT molecular complexity index is 312. The molecule has 1 aliphatic carbocycles. The van der Waals surface area contributed by atoms with Gasteiger partial charge in [-0.25, -0.2) is 0 Å². The topological polar surface area (TPSA) is 55.9 Å². The molecule has 0 bridgehead atoms. The second-order valence-corrected chi connectivity index (χ2v) is 4.24. The van der Waals surface area contributed by atoms with Crippen LogP contribution < -0.4 is 11.1 Å². The molecule has 0 aliphatic heterocycles. The predicted molar refractivity (Wildman–Crippen MR) is 56.9 cm³/mol. The summed E-state index contributed by atoms with van der Waals surface area (Å²) < 4.78 is 1.99. The fourth-order valence-electron chi connectivity index (χ4n) is 1.56. The van der Waals surface area contributed by atoms with Crippen LogP contribution in [-0.4, -0.2) is 15.8 Å². The minimum absolute atomic E-state index is 0.378. The van der Waals surface area contributed by atoms with E-state index in [1.807, 2.05) is 4.68 Å². The second kappa shape index (κ2) is 3.61. The molecule has 0 aromatic carbocycles. The molecule has 1 aliphatic rings. The van der Waals surface area contributed by atoms with Crippen molar-refractivity contribution in [1.29, 1.82) is 0 Å². The van der Waals surface area contributed by atoms with E-state index in [9.17, 15) is 0 Å². The van der Waals surface area contributed by atoms with Gasteiger partial charge in [-0.2, -0.15) is 5.10 Å². The molecule has 1 aromatic heterocycles. The van der Waals surface area contributed by atoms with E-state index in [1.54, 1.807) is 6.20 Å². The molecule has 2 rings (SSSR count). The van der Waals surface area contributed by atoms with Crippen molar-refractivity contribution >= 4 is 5.69 Å². The van der Waals surface area contributed by atoms with Gasteiger partial charge >= 0.3 is 0 Å². The molecule has 1 fully saturated rings. The first-order valence-corrected chi connectivity index (χ1v) is 5.23. The molecule has 1 aromatic rings. The van der Waals surface area contributed by atoms with Gasteiger partial charge in [0, 0.05) is 18.6 Å². The lowest BCUT2D eigenvalue weighted by Gasteiger charge is -2.11. The van der Waals surface area contributed by atoms with Crippen LogP contribution in [0.4, 0.5) is 5.69 Å². The van der Waals surface area contributed by atoms with Crippen molar-refractivity contribution in [2.24, 2.45) is 0 Å². The van der Waals surface area contributed by atoms with Gasteiger partial charge in [0.25, 0.3) is 0 Å². The van der Waals surface area contributed by atoms with Crippen molar-refractivity contribution in [2.45, 2.75) is 45.3 Å². The lowest BCUT2D eigenvalue weighted by atomic mass is 10.3. The van der Waals surface area contributed by atoms with E-state index in [4.69, 9.17) is 5.73 Å². The van der Waals surface area contributed by atoms with E-state index in [-0.39, 0.29) is 0 Å². The van der Waals surface area contributed by atoms with Gasteiger partial charge in [0.05, 0.1) is 17.6 Å². The average molecular weight is 194 g/mol. The Kier molecular flexibility index (Phi) is 2.46. The standard InChI is InChI=1S/C10H18N4/c1-7(2)14-10(9(11)5-13-14)6-12-8-3-4-8/h5,7-8,12H,3-4,6,11H2,1-2H3. The molecular weight excluding hydrogens is 176 g/mol. The van der Waals surface area contributed by atoms with Crippen molar-refractivity contribution in [2.75, 3.05) is 5.73 Å². The zero-order valence-electron chi connectivity index (χ0n) is 8.83. The molecular formula is C10H18N4. The molecule has 78 valence electrons. The number of rotatable bonds is 4. The number of hydrogen-bond donors (Lipinski definition) is 2. The third-order valence-electron chi connectivity index (χ3n) is 2.56. The molecule has 4 nitrogen and oxygen atoms in total. The maximum Gasteiger partial charge on any atom is 0.0754 e. The SMILES string of the molecule is CC(C)n1ncc(N)c1CNC1CC1. The summed E-state index contributed by atoms with van der Waals surface area (Å²) in [4.78, 5) is 0. The molecule has 3 N–H and O–H groups in total. The Labute approximate surface area is 84.5 Å². The molecule has 0 unspecified atom stereocenters. The zero-order chi connectivity index (χ0) is 10.1. The summed E-state index contributed by atoms with van der Waals surface area (Å²) in [7, 11) is 0. The summed E-state index contributed by atoms with van der Waals surface area (Å²) in [6.07, 6.45) is 4.34. The number of nitrogens with one attached hydrogen (secondary N) is 1. The quantitative estimate of drug-likeness (QED) is 0.759. The van der Waals surface area contributed by atoms with E-state index in [0.29, 0.717) is 12.1 Å². The summed E-state index contributed by atoms with van der Waals surface area (Å²) >= 11 is 0. The fraction of sp³-hybridized carbons (Fsp3) is 0.700. The van der Waals surface area contributed by atoms with Gasteiger partial charge in [0.2, 0.25) is 0 Å². The third-order valence-corrected chi connectivity index (χ3v) is 2.56. The summed E-state index contributed by atoms with van der Waals surface area (Å²) in [5.41, 5.74) is 7.78. The molecule has 0 saturated heterocycles. The van der Waals surface area contributed by atoms with Crippen LogP contribution in [-0.2, 0) is 6.54 Å². The highest BCUT2D eigenvalue weighted by atomic mass is 15.3. The summed E-state index contributed by atoms with van der Waals surface area (Å²) in [5.74, 6) is 0. The lowest BCUT2D eigenvalue weighted by Crippen LogP contribution is -2.20. The Morgan fingerprint density at radius 1 is 1.64 bits per heavy atom. The van der Waals surface area contributed by atoms with E-state index in [0.717, 1.165) is 17.9 Å². The van der Waals surface area contributed by atoms with Gasteiger partial charge in [-0.15, -0.1) is 0 Å². The van der Waals surface area contributed by atoms with Crippen LogP contribution in [0.2, 0.25) is 0 Å². The summed E-state index contributed by atoms with van der Waals surface area (Å²) in [5, 5.41) is 7.72. The highest BCUT2D eigenvalue weighted by molar-refractivity contribution is 5.41. The molecule has 1 saturated carbocycles.